The van der Waals surface area contributed by atoms with Gasteiger partial charge >= 0.3 is 0 Å². The Labute approximate surface area is 132 Å². The van der Waals surface area contributed by atoms with Gasteiger partial charge in [0.25, 0.3) is 6.43 Å². The number of nitrogens with zero attached hydrogens (tertiary/aromatic N) is 1. The number of nitrogens with one attached hydrogen (secondary N) is 1. The van der Waals surface area contributed by atoms with Crippen LogP contribution in [0.1, 0.15) is 39.3 Å². The number of ether oxygens (including phenoxy) is 2. The molecule has 1 aromatic rings. The molecule has 0 unspecified atom stereocenters. The molecule has 0 saturated heterocycles. The summed E-state index contributed by atoms with van der Waals surface area (Å²) in [5.41, 5.74) is 0.671. The van der Waals surface area contributed by atoms with Crippen LogP contribution in [0.5, 0.6) is 11.8 Å². The van der Waals surface area contributed by atoms with E-state index in [4.69, 9.17) is 9.47 Å². The molecule has 0 aliphatic rings. The molecule has 1 aromatic heterocycles. The summed E-state index contributed by atoms with van der Waals surface area (Å²) in [6.45, 7) is 6.68. The third-order valence-corrected chi connectivity index (χ3v) is 4.40. The molecule has 0 bridgehead atoms. The van der Waals surface area contributed by atoms with Crippen molar-refractivity contribution in [2.75, 3.05) is 13.7 Å². The Balaban J connectivity index is 2.85. The highest BCUT2D eigenvalue weighted by Gasteiger charge is 2.29. The van der Waals surface area contributed by atoms with E-state index in [2.05, 4.69) is 9.71 Å². The number of aromatic nitrogens is 1. The van der Waals surface area contributed by atoms with Gasteiger partial charge in [0.2, 0.25) is 11.8 Å². The van der Waals surface area contributed by atoms with Crippen LogP contribution in [0.15, 0.2) is 12.1 Å². The van der Waals surface area contributed by atoms with Gasteiger partial charge in [0.15, 0.2) is 6.61 Å². The van der Waals surface area contributed by atoms with E-state index in [0.717, 1.165) is 0 Å². The fraction of sp³-hybridized carbons (Fsp3) is 0.643. The lowest BCUT2D eigenvalue weighted by molar-refractivity contribution is 0.0792. The smallest absolute Gasteiger partial charge is 0.272 e. The summed E-state index contributed by atoms with van der Waals surface area (Å²) >= 11 is -1.26. The molecule has 0 saturated carbocycles. The van der Waals surface area contributed by atoms with Crippen molar-refractivity contribution >= 4 is 11.4 Å². The molecule has 5 nitrogen and oxygen atoms in total. The van der Waals surface area contributed by atoms with Crippen molar-refractivity contribution in [3.8, 4) is 11.8 Å². The fourth-order valence-electron chi connectivity index (χ4n) is 1.56. The van der Waals surface area contributed by atoms with Crippen molar-refractivity contribution in [1.29, 1.82) is 0 Å². The van der Waals surface area contributed by atoms with Gasteiger partial charge in [-0.25, -0.2) is 8.78 Å². The number of hydrogen-bond donors (Lipinski definition) is 1. The van der Waals surface area contributed by atoms with E-state index in [0.29, 0.717) is 5.56 Å². The highest BCUT2D eigenvalue weighted by Crippen LogP contribution is 2.27. The second-order valence-electron chi connectivity index (χ2n) is 5.67. The molecule has 0 amide bonds. The van der Waals surface area contributed by atoms with E-state index >= 15 is 0 Å². The van der Waals surface area contributed by atoms with Gasteiger partial charge < -0.3 is 14.0 Å². The summed E-state index contributed by atoms with van der Waals surface area (Å²) in [7, 11) is 1.43. The monoisotopic (exact) mass is 336 g/mol. The summed E-state index contributed by atoms with van der Waals surface area (Å²) in [6, 6.07) is 2.86. The number of methoxy groups -OCH3 is 1. The molecule has 0 radical (unpaired) electrons. The lowest BCUT2D eigenvalue weighted by atomic mass is 10.1. The summed E-state index contributed by atoms with van der Waals surface area (Å²) in [6.07, 6.45) is -2.57. The highest BCUT2D eigenvalue weighted by molar-refractivity contribution is 7.90. The van der Waals surface area contributed by atoms with Crippen molar-refractivity contribution in [3.05, 3.63) is 17.7 Å². The predicted molar refractivity (Wildman–Crippen MR) is 81.7 cm³/mol. The van der Waals surface area contributed by atoms with Crippen LogP contribution in [0.3, 0.4) is 0 Å². The Bertz CT molecular complexity index is 484. The topological polar surface area (TPSA) is 66.4 Å². The number of halogens is 2. The van der Waals surface area contributed by atoms with Gasteiger partial charge in [0.1, 0.15) is 4.75 Å². The molecule has 22 heavy (non-hydrogen) atoms. The second kappa shape index (κ2) is 7.94. The third kappa shape index (κ3) is 5.58. The minimum absolute atomic E-state index is 0.0602. The van der Waals surface area contributed by atoms with Gasteiger partial charge in [-0.05, 0) is 33.8 Å². The van der Waals surface area contributed by atoms with Crippen LogP contribution in [-0.2, 0) is 11.4 Å². The van der Waals surface area contributed by atoms with Crippen molar-refractivity contribution in [1.82, 2.24) is 9.71 Å². The van der Waals surface area contributed by atoms with Crippen molar-refractivity contribution < 1.29 is 22.8 Å². The molecule has 126 valence electrons. The Kier molecular flexibility index (Phi) is 6.83. The van der Waals surface area contributed by atoms with E-state index in [1.165, 1.54) is 13.2 Å². The number of alkyl halides is 2. The van der Waals surface area contributed by atoms with E-state index < -0.39 is 29.1 Å². The quantitative estimate of drug-likeness (QED) is 0.776. The molecule has 1 rings (SSSR count). The van der Waals surface area contributed by atoms with E-state index in [1.807, 2.05) is 27.7 Å². The van der Waals surface area contributed by atoms with Gasteiger partial charge in [-0.3, -0.25) is 0 Å². The maximum Gasteiger partial charge on any atom is 0.272 e. The van der Waals surface area contributed by atoms with Crippen molar-refractivity contribution in [2.45, 2.75) is 44.9 Å². The van der Waals surface area contributed by atoms with Crippen LogP contribution >= 0.6 is 0 Å². The Morgan fingerprint density at radius 3 is 2.50 bits per heavy atom. The largest absolute Gasteiger partial charge is 0.598 e. The normalized spacial score (nSPS) is 14.8. The van der Waals surface area contributed by atoms with Crippen LogP contribution in [0.2, 0.25) is 0 Å². The zero-order chi connectivity index (χ0) is 16.9. The third-order valence-electron chi connectivity index (χ3n) is 2.72. The molecule has 2 atom stereocenters. The molecule has 0 aliphatic carbocycles. The maximum atomic E-state index is 12.1. The molecule has 0 spiro atoms. The van der Waals surface area contributed by atoms with Gasteiger partial charge in [0, 0.05) is 23.0 Å². The Morgan fingerprint density at radius 1 is 1.36 bits per heavy atom. The molecule has 1 heterocycles. The van der Waals surface area contributed by atoms with Crippen LogP contribution in [0, 0.1) is 0 Å². The maximum absolute atomic E-state index is 12.1. The average Bonchev–Trinajstić information content (AvgIpc) is 2.43. The molecular formula is C14H22F2N2O3S. The summed E-state index contributed by atoms with van der Waals surface area (Å²) in [4.78, 5) is 4.04. The summed E-state index contributed by atoms with van der Waals surface area (Å²) < 4.78 is 49.0. The first-order valence-corrected chi connectivity index (χ1v) is 7.94. The van der Waals surface area contributed by atoms with Gasteiger partial charge in [-0.15, -0.1) is 4.72 Å². The predicted octanol–water partition coefficient (Wildman–Crippen LogP) is 2.85. The summed E-state index contributed by atoms with van der Waals surface area (Å²) in [5.74, 6) is 0.308. The molecule has 0 aromatic carbocycles. The zero-order valence-corrected chi connectivity index (χ0v) is 14.2. The number of rotatable bonds is 7. The SMILES string of the molecule is COc1nc(OCC(F)F)ccc1[C@@H](C)N[S@+]([O-])C(C)(C)C. The molecule has 0 aliphatic heterocycles. The Hall–Kier alpha value is -1.12. The van der Waals surface area contributed by atoms with Crippen molar-refractivity contribution in [2.24, 2.45) is 0 Å². The van der Waals surface area contributed by atoms with Gasteiger partial charge in [0.05, 0.1) is 13.2 Å². The Morgan fingerprint density at radius 2 is 2.00 bits per heavy atom. The van der Waals surface area contributed by atoms with Crippen LogP contribution in [0.25, 0.3) is 0 Å². The molecule has 0 fully saturated rings. The summed E-state index contributed by atoms with van der Waals surface area (Å²) in [5, 5.41) is 0. The zero-order valence-electron chi connectivity index (χ0n) is 13.4. The average molecular weight is 336 g/mol. The first-order valence-electron chi connectivity index (χ1n) is 6.79. The minimum Gasteiger partial charge on any atom is -0.598 e. The van der Waals surface area contributed by atoms with Gasteiger partial charge in [-0.2, -0.15) is 4.98 Å². The van der Waals surface area contributed by atoms with Crippen molar-refractivity contribution in [3.63, 3.8) is 0 Å². The van der Waals surface area contributed by atoms with Crippen LogP contribution < -0.4 is 14.2 Å². The standard InChI is InChI=1S/C14H22F2N2O3S/c1-9(18-22(19)14(2,3)4)10-6-7-12(17-13(10)20-5)21-8-11(15)16/h6-7,9,11,18H,8H2,1-5H3/t9-,22-/m1/s1. The lowest BCUT2D eigenvalue weighted by Crippen LogP contribution is -2.40. The lowest BCUT2D eigenvalue weighted by Gasteiger charge is -2.27. The number of hydrogen-bond acceptors (Lipinski definition) is 5. The second-order valence-corrected chi connectivity index (χ2v) is 7.67. The first-order chi connectivity index (χ1) is 10.1. The first kappa shape index (κ1) is 18.9. The van der Waals surface area contributed by atoms with E-state index in [1.54, 1.807) is 6.07 Å². The van der Waals surface area contributed by atoms with Crippen LogP contribution in [-0.4, -0.2) is 34.4 Å². The number of pyridine rings is 1. The molecular weight excluding hydrogens is 314 g/mol. The van der Waals surface area contributed by atoms with Crippen LogP contribution in [0.4, 0.5) is 8.78 Å². The molecule has 1 N–H and O–H groups in total. The van der Waals surface area contributed by atoms with E-state index in [-0.39, 0.29) is 17.8 Å². The molecule has 8 heteroatoms. The van der Waals surface area contributed by atoms with Gasteiger partial charge in [-0.1, -0.05) is 0 Å². The minimum atomic E-state index is -2.57. The fourth-order valence-corrected chi connectivity index (χ4v) is 2.36. The van der Waals surface area contributed by atoms with E-state index in [9.17, 15) is 13.3 Å². The highest BCUT2D eigenvalue weighted by atomic mass is 32.2.